The van der Waals surface area contributed by atoms with Crippen LogP contribution in [0.1, 0.15) is 24.0 Å². The first-order chi connectivity index (χ1) is 13.1. The molecule has 2 rings (SSSR count). The van der Waals surface area contributed by atoms with E-state index in [0.717, 1.165) is 6.42 Å². The normalized spacial score (nSPS) is 16.9. The zero-order valence-electron chi connectivity index (χ0n) is 16.5. The van der Waals surface area contributed by atoms with E-state index in [1.807, 2.05) is 6.92 Å². The van der Waals surface area contributed by atoms with Gasteiger partial charge in [-0.05, 0) is 37.7 Å². The molecule has 0 aromatic heterocycles. The van der Waals surface area contributed by atoms with Gasteiger partial charge in [-0.25, -0.2) is 8.42 Å². The van der Waals surface area contributed by atoms with Crippen LogP contribution in [0.25, 0.3) is 0 Å². The fourth-order valence-corrected chi connectivity index (χ4v) is 4.03. The molecule has 0 atom stereocenters. The zero-order valence-corrected chi connectivity index (χ0v) is 19.6. The molecule has 29 heavy (non-hydrogen) atoms. The minimum absolute atomic E-state index is 0. The first-order valence-electron chi connectivity index (χ1n) is 9.20. The van der Waals surface area contributed by atoms with Crippen LogP contribution in [0.2, 0.25) is 0 Å². The third-order valence-electron chi connectivity index (χ3n) is 4.81. The second-order valence-corrected chi connectivity index (χ2v) is 8.84. The van der Waals surface area contributed by atoms with E-state index in [2.05, 4.69) is 39.9 Å². The third kappa shape index (κ3) is 7.59. The number of guanidine groups is 1. The highest BCUT2D eigenvalue weighted by atomic mass is 127. The summed E-state index contributed by atoms with van der Waals surface area (Å²) in [7, 11) is -3.57. The van der Waals surface area contributed by atoms with Gasteiger partial charge in [-0.3, -0.25) is 4.99 Å². The van der Waals surface area contributed by atoms with E-state index in [9.17, 15) is 21.6 Å². The Labute approximate surface area is 187 Å². The van der Waals surface area contributed by atoms with Crippen molar-refractivity contribution in [1.82, 2.24) is 14.9 Å². The van der Waals surface area contributed by atoms with Gasteiger partial charge in [0.05, 0.1) is 0 Å². The van der Waals surface area contributed by atoms with Crippen LogP contribution in [0.15, 0.2) is 29.3 Å². The molecule has 0 bridgehead atoms. The third-order valence-corrected chi connectivity index (χ3v) is 6.44. The van der Waals surface area contributed by atoms with Crippen molar-refractivity contribution in [3.05, 3.63) is 35.4 Å². The van der Waals surface area contributed by atoms with Gasteiger partial charge in [-0.1, -0.05) is 29.8 Å². The summed E-state index contributed by atoms with van der Waals surface area (Å²) in [5.41, 5.74) is -2.81. The number of nitrogens with one attached hydrogen (secondary N) is 2. The average molecular weight is 548 g/mol. The van der Waals surface area contributed by atoms with Crippen LogP contribution in [0, 0.1) is 12.8 Å². The van der Waals surface area contributed by atoms with Crippen molar-refractivity contribution in [3.63, 3.8) is 0 Å². The summed E-state index contributed by atoms with van der Waals surface area (Å²) in [5, 5.41) is 6.38. The highest BCUT2D eigenvalue weighted by Gasteiger charge is 2.50. The van der Waals surface area contributed by atoms with E-state index in [-0.39, 0.29) is 43.0 Å². The quantitative estimate of drug-likeness (QED) is 0.326. The molecule has 1 aliphatic heterocycles. The van der Waals surface area contributed by atoms with Gasteiger partial charge in [0, 0.05) is 33.2 Å². The Hall–Kier alpha value is -1.08. The van der Waals surface area contributed by atoms with Gasteiger partial charge in [-0.15, -0.1) is 24.0 Å². The lowest BCUT2D eigenvalue weighted by Gasteiger charge is -2.31. The molecule has 0 unspecified atom stereocenters. The summed E-state index contributed by atoms with van der Waals surface area (Å²) in [6.45, 7) is 3.03. The van der Waals surface area contributed by atoms with Crippen LogP contribution in [-0.2, 0) is 16.4 Å². The van der Waals surface area contributed by atoms with Crippen LogP contribution in [-0.4, -0.2) is 57.4 Å². The van der Waals surface area contributed by atoms with Gasteiger partial charge >= 0.3 is 15.5 Å². The molecule has 1 aromatic rings. The zero-order chi connectivity index (χ0) is 20.8. The summed E-state index contributed by atoms with van der Waals surface area (Å²) >= 11 is 0. The number of aryl methyl sites for hydroxylation is 1. The van der Waals surface area contributed by atoms with Crippen molar-refractivity contribution in [2.45, 2.75) is 31.7 Å². The van der Waals surface area contributed by atoms with Gasteiger partial charge in [0.15, 0.2) is 5.96 Å². The predicted molar refractivity (Wildman–Crippen MR) is 119 cm³/mol. The number of nitrogens with zero attached hydrogens (tertiary/aromatic N) is 2. The van der Waals surface area contributed by atoms with Crippen LogP contribution < -0.4 is 10.6 Å². The maximum absolute atomic E-state index is 12.6. The maximum atomic E-state index is 12.6. The van der Waals surface area contributed by atoms with Crippen molar-refractivity contribution in [1.29, 1.82) is 0 Å². The monoisotopic (exact) mass is 548 g/mol. The molecule has 0 saturated carbocycles. The topological polar surface area (TPSA) is 73.8 Å². The smallest absolute Gasteiger partial charge is 0.356 e. The predicted octanol–water partition coefficient (Wildman–Crippen LogP) is 2.88. The van der Waals surface area contributed by atoms with Gasteiger partial charge < -0.3 is 10.6 Å². The number of sulfonamides is 1. The van der Waals surface area contributed by atoms with E-state index >= 15 is 0 Å². The van der Waals surface area contributed by atoms with E-state index in [1.54, 1.807) is 7.05 Å². The van der Waals surface area contributed by atoms with Crippen molar-refractivity contribution in [2.24, 2.45) is 10.9 Å². The Bertz CT molecular complexity index is 762. The van der Waals surface area contributed by atoms with Crippen LogP contribution in [0.3, 0.4) is 0 Å². The van der Waals surface area contributed by atoms with E-state index in [0.29, 0.717) is 36.2 Å². The Kier molecular flexibility index (Phi) is 10.2. The lowest BCUT2D eigenvalue weighted by atomic mass is 9.98. The first kappa shape index (κ1) is 26.0. The van der Waals surface area contributed by atoms with E-state index < -0.39 is 15.5 Å². The van der Waals surface area contributed by atoms with Crippen molar-refractivity contribution < 1.29 is 21.6 Å². The Morgan fingerprint density at radius 3 is 2.28 bits per heavy atom. The Balaban J connectivity index is 0.00000420. The molecule has 6 nitrogen and oxygen atoms in total. The second-order valence-electron chi connectivity index (χ2n) is 6.91. The first-order valence-corrected chi connectivity index (χ1v) is 10.6. The fourth-order valence-electron chi connectivity index (χ4n) is 3.04. The number of aliphatic imine (C=N–C) groups is 1. The Morgan fingerprint density at radius 2 is 1.76 bits per heavy atom. The molecule has 1 fully saturated rings. The summed E-state index contributed by atoms with van der Waals surface area (Å²) < 4.78 is 61.2. The summed E-state index contributed by atoms with van der Waals surface area (Å²) in [6, 6.07) is 8.29. The average Bonchev–Trinajstić information content (AvgIpc) is 2.65. The van der Waals surface area contributed by atoms with E-state index in [4.69, 9.17) is 0 Å². The molecule has 1 aliphatic rings. The second kappa shape index (κ2) is 11.3. The Morgan fingerprint density at radius 1 is 1.17 bits per heavy atom. The molecule has 11 heteroatoms. The number of alkyl halides is 3. The number of halogens is 4. The molecule has 1 aromatic carbocycles. The van der Waals surface area contributed by atoms with Gasteiger partial charge in [0.1, 0.15) is 0 Å². The van der Waals surface area contributed by atoms with Gasteiger partial charge in [0.25, 0.3) is 0 Å². The van der Waals surface area contributed by atoms with Gasteiger partial charge in [-0.2, -0.15) is 17.5 Å². The molecule has 1 heterocycles. The van der Waals surface area contributed by atoms with Crippen LogP contribution in [0.4, 0.5) is 13.2 Å². The molecule has 0 spiro atoms. The minimum atomic E-state index is -5.23. The summed E-state index contributed by atoms with van der Waals surface area (Å²) in [5.74, 6) is 0.716. The SMILES string of the molecule is CN=C(NCCc1ccc(C)cc1)NCC1CCN(S(=O)(=O)C(F)(F)F)CC1.I. The minimum Gasteiger partial charge on any atom is -0.356 e. The molecular formula is C18H28F3IN4O2S. The number of hydrogen-bond donors (Lipinski definition) is 2. The number of hydrogen-bond acceptors (Lipinski definition) is 3. The molecule has 2 N–H and O–H groups in total. The summed E-state index contributed by atoms with van der Waals surface area (Å²) in [6.07, 6.45) is 1.60. The molecule has 166 valence electrons. The fraction of sp³-hybridized carbons (Fsp3) is 0.611. The lowest BCUT2D eigenvalue weighted by molar-refractivity contribution is -0.0496. The largest absolute Gasteiger partial charge is 0.511 e. The molecule has 0 radical (unpaired) electrons. The van der Waals surface area contributed by atoms with Crippen molar-refractivity contribution in [3.8, 4) is 0 Å². The highest BCUT2D eigenvalue weighted by Crippen LogP contribution is 2.30. The molecule has 1 saturated heterocycles. The standard InChI is InChI=1S/C18H27F3N4O2S.HI/c1-14-3-5-15(6-4-14)7-10-23-17(22-2)24-13-16-8-11-25(12-9-16)28(26,27)18(19,20)21;/h3-6,16H,7-13H2,1-2H3,(H2,22,23,24);1H. The molecule has 0 amide bonds. The van der Waals surface area contributed by atoms with E-state index in [1.165, 1.54) is 11.1 Å². The van der Waals surface area contributed by atoms with Crippen LogP contribution in [0.5, 0.6) is 0 Å². The highest BCUT2D eigenvalue weighted by molar-refractivity contribution is 14.0. The van der Waals surface area contributed by atoms with Crippen molar-refractivity contribution >= 4 is 40.0 Å². The maximum Gasteiger partial charge on any atom is 0.511 e. The molecular weight excluding hydrogens is 520 g/mol. The number of benzene rings is 1. The number of piperidine rings is 1. The molecule has 0 aliphatic carbocycles. The van der Waals surface area contributed by atoms with Crippen LogP contribution >= 0.6 is 24.0 Å². The van der Waals surface area contributed by atoms with Gasteiger partial charge in [0.2, 0.25) is 0 Å². The van der Waals surface area contributed by atoms with Crippen molar-refractivity contribution in [2.75, 3.05) is 33.2 Å². The summed E-state index contributed by atoms with van der Waals surface area (Å²) in [4.78, 5) is 4.14. The number of rotatable bonds is 6. The lowest BCUT2D eigenvalue weighted by Crippen LogP contribution is -2.47.